The van der Waals surface area contributed by atoms with Crippen LogP contribution in [0.5, 0.6) is 0 Å². The van der Waals surface area contributed by atoms with Crippen LogP contribution in [0.25, 0.3) is 0 Å². The van der Waals surface area contributed by atoms with Crippen LogP contribution in [0, 0.1) is 0 Å². The minimum atomic E-state index is 0.304. The first kappa shape index (κ1) is 19.0. The number of hydrogen-bond donors (Lipinski definition) is 2. The van der Waals surface area contributed by atoms with Crippen molar-refractivity contribution in [1.82, 2.24) is 20.4 Å². The van der Waals surface area contributed by atoms with E-state index in [0.29, 0.717) is 11.9 Å². The summed E-state index contributed by atoms with van der Waals surface area (Å²) in [5.41, 5.74) is 0. The van der Waals surface area contributed by atoms with Crippen molar-refractivity contribution < 1.29 is 4.79 Å². The highest BCUT2D eigenvalue weighted by Gasteiger charge is 2.30. The van der Waals surface area contributed by atoms with E-state index in [1.54, 1.807) is 0 Å². The number of carbonyl (C=O) groups is 1. The van der Waals surface area contributed by atoms with Crippen LogP contribution in [0.3, 0.4) is 0 Å². The van der Waals surface area contributed by atoms with Crippen molar-refractivity contribution in [3.05, 3.63) is 0 Å². The summed E-state index contributed by atoms with van der Waals surface area (Å²) in [4.78, 5) is 20.8. The molecule has 1 saturated carbocycles. The first-order valence-electron chi connectivity index (χ1n) is 9.67. The molecule has 2 rings (SSSR count). The van der Waals surface area contributed by atoms with Gasteiger partial charge in [-0.25, -0.2) is 0 Å². The highest BCUT2D eigenvalue weighted by atomic mass is 16.2. The molecule has 138 valence electrons. The van der Waals surface area contributed by atoms with Gasteiger partial charge in [0.1, 0.15) is 0 Å². The molecule has 6 heteroatoms. The van der Waals surface area contributed by atoms with Crippen molar-refractivity contribution in [2.75, 3.05) is 39.3 Å². The van der Waals surface area contributed by atoms with Crippen LogP contribution in [-0.2, 0) is 4.79 Å². The van der Waals surface area contributed by atoms with E-state index in [1.165, 1.54) is 12.8 Å². The molecule has 2 fully saturated rings. The predicted octanol–water partition coefficient (Wildman–Crippen LogP) is 1.43. The fourth-order valence-electron chi connectivity index (χ4n) is 3.31. The van der Waals surface area contributed by atoms with Gasteiger partial charge in [0, 0.05) is 57.8 Å². The Labute approximate surface area is 147 Å². The largest absolute Gasteiger partial charge is 0.357 e. The Morgan fingerprint density at radius 2 is 2.17 bits per heavy atom. The molecule has 1 amide bonds. The van der Waals surface area contributed by atoms with Gasteiger partial charge < -0.3 is 15.5 Å². The SMILES string of the molecule is CCNC(=NCCCN1CCCC1=O)NCCN(C(C)C)C1CC1. The molecule has 0 radical (unpaired) electrons. The quantitative estimate of drug-likeness (QED) is 0.360. The summed E-state index contributed by atoms with van der Waals surface area (Å²) in [6, 6.07) is 1.40. The molecule has 0 bridgehead atoms. The molecule has 0 spiro atoms. The predicted molar refractivity (Wildman–Crippen MR) is 99.3 cm³/mol. The Morgan fingerprint density at radius 1 is 1.38 bits per heavy atom. The summed E-state index contributed by atoms with van der Waals surface area (Å²) in [7, 11) is 0. The first-order chi connectivity index (χ1) is 11.6. The van der Waals surface area contributed by atoms with Gasteiger partial charge in [-0.05, 0) is 46.5 Å². The molecule has 0 atom stereocenters. The Bertz CT molecular complexity index is 418. The summed E-state index contributed by atoms with van der Waals surface area (Å²) in [5.74, 6) is 1.20. The molecule has 24 heavy (non-hydrogen) atoms. The molecule has 2 N–H and O–H groups in total. The van der Waals surface area contributed by atoms with Gasteiger partial charge in [0.05, 0.1) is 0 Å². The van der Waals surface area contributed by atoms with Gasteiger partial charge in [-0.3, -0.25) is 14.7 Å². The molecular formula is C18H35N5O. The van der Waals surface area contributed by atoms with E-state index in [-0.39, 0.29) is 0 Å². The number of carbonyl (C=O) groups excluding carboxylic acids is 1. The van der Waals surface area contributed by atoms with Crippen molar-refractivity contribution in [2.45, 2.75) is 65.0 Å². The number of amides is 1. The van der Waals surface area contributed by atoms with Crippen LogP contribution in [0.1, 0.15) is 52.9 Å². The zero-order chi connectivity index (χ0) is 17.4. The number of nitrogens with zero attached hydrogens (tertiary/aromatic N) is 3. The summed E-state index contributed by atoms with van der Waals surface area (Å²) in [6.45, 7) is 12.0. The van der Waals surface area contributed by atoms with E-state index in [4.69, 9.17) is 0 Å². The minimum Gasteiger partial charge on any atom is -0.357 e. The smallest absolute Gasteiger partial charge is 0.222 e. The van der Waals surface area contributed by atoms with Crippen LogP contribution in [0.15, 0.2) is 4.99 Å². The van der Waals surface area contributed by atoms with E-state index in [9.17, 15) is 4.79 Å². The molecule has 0 unspecified atom stereocenters. The average molecular weight is 338 g/mol. The Hall–Kier alpha value is -1.30. The minimum absolute atomic E-state index is 0.304. The third kappa shape index (κ3) is 6.30. The molecule has 6 nitrogen and oxygen atoms in total. The second-order valence-electron chi connectivity index (χ2n) is 7.09. The van der Waals surface area contributed by atoms with Crippen molar-refractivity contribution in [2.24, 2.45) is 4.99 Å². The van der Waals surface area contributed by atoms with E-state index in [0.717, 1.165) is 70.5 Å². The topological polar surface area (TPSA) is 60.0 Å². The van der Waals surface area contributed by atoms with Gasteiger partial charge in [0.2, 0.25) is 5.91 Å². The second kappa shape index (κ2) is 9.87. The van der Waals surface area contributed by atoms with Gasteiger partial charge in [0.25, 0.3) is 0 Å². The second-order valence-corrected chi connectivity index (χ2v) is 7.09. The standard InChI is InChI=1S/C18H35N5O/c1-4-19-18(20-10-6-13-22-12-5-7-17(22)24)21-11-14-23(15(2)3)16-8-9-16/h15-16H,4-14H2,1-3H3,(H2,19,20,21). The number of rotatable bonds is 10. The maximum Gasteiger partial charge on any atom is 0.222 e. The average Bonchev–Trinajstić information content (AvgIpc) is 3.30. The van der Waals surface area contributed by atoms with Crippen LogP contribution >= 0.6 is 0 Å². The lowest BCUT2D eigenvalue weighted by atomic mass is 10.3. The fraction of sp³-hybridized carbons (Fsp3) is 0.889. The third-order valence-corrected chi connectivity index (χ3v) is 4.71. The van der Waals surface area contributed by atoms with E-state index in [1.807, 2.05) is 4.90 Å². The molecule has 1 saturated heterocycles. The summed E-state index contributed by atoms with van der Waals surface area (Å²) >= 11 is 0. The maximum absolute atomic E-state index is 11.6. The van der Waals surface area contributed by atoms with Crippen LogP contribution < -0.4 is 10.6 Å². The van der Waals surface area contributed by atoms with Crippen molar-refractivity contribution in [3.8, 4) is 0 Å². The maximum atomic E-state index is 11.6. The van der Waals surface area contributed by atoms with Gasteiger partial charge in [0.15, 0.2) is 5.96 Å². The van der Waals surface area contributed by atoms with E-state index in [2.05, 4.69) is 41.3 Å². The lowest BCUT2D eigenvalue weighted by molar-refractivity contribution is -0.127. The number of nitrogens with one attached hydrogen (secondary N) is 2. The van der Waals surface area contributed by atoms with Gasteiger partial charge in [-0.2, -0.15) is 0 Å². The Morgan fingerprint density at radius 3 is 2.75 bits per heavy atom. The number of guanidine groups is 1. The highest BCUT2D eigenvalue weighted by Crippen LogP contribution is 2.27. The summed E-state index contributed by atoms with van der Waals surface area (Å²) in [5, 5.41) is 6.75. The third-order valence-electron chi connectivity index (χ3n) is 4.71. The molecule has 2 aliphatic rings. The molecule has 1 aliphatic heterocycles. The summed E-state index contributed by atoms with van der Waals surface area (Å²) in [6.07, 6.45) is 5.37. The summed E-state index contributed by atoms with van der Waals surface area (Å²) < 4.78 is 0. The van der Waals surface area contributed by atoms with Crippen LogP contribution in [0.4, 0.5) is 0 Å². The molecule has 0 aromatic carbocycles. The number of likely N-dealkylation sites (tertiary alicyclic amines) is 1. The van der Waals surface area contributed by atoms with Gasteiger partial charge in [-0.15, -0.1) is 0 Å². The molecule has 0 aromatic rings. The molecule has 1 aliphatic carbocycles. The first-order valence-corrected chi connectivity index (χ1v) is 9.67. The highest BCUT2D eigenvalue weighted by molar-refractivity contribution is 5.79. The lowest BCUT2D eigenvalue weighted by Gasteiger charge is -2.26. The molecular weight excluding hydrogens is 302 g/mol. The zero-order valence-electron chi connectivity index (χ0n) is 15.7. The Balaban J connectivity index is 1.66. The fourth-order valence-corrected chi connectivity index (χ4v) is 3.31. The van der Waals surface area contributed by atoms with Crippen molar-refractivity contribution in [1.29, 1.82) is 0 Å². The number of aliphatic imine (C=N–C) groups is 1. The molecule has 1 heterocycles. The van der Waals surface area contributed by atoms with Gasteiger partial charge >= 0.3 is 0 Å². The van der Waals surface area contributed by atoms with Gasteiger partial charge in [-0.1, -0.05) is 0 Å². The normalized spacial score (nSPS) is 18.8. The van der Waals surface area contributed by atoms with Crippen LogP contribution in [-0.4, -0.2) is 73.0 Å². The monoisotopic (exact) mass is 337 g/mol. The Kier molecular flexibility index (Phi) is 7.82. The number of hydrogen-bond acceptors (Lipinski definition) is 3. The zero-order valence-corrected chi connectivity index (χ0v) is 15.7. The van der Waals surface area contributed by atoms with E-state index < -0.39 is 0 Å². The van der Waals surface area contributed by atoms with Crippen molar-refractivity contribution in [3.63, 3.8) is 0 Å². The van der Waals surface area contributed by atoms with Crippen molar-refractivity contribution >= 4 is 11.9 Å². The lowest BCUT2D eigenvalue weighted by Crippen LogP contribution is -2.44. The van der Waals surface area contributed by atoms with Crippen LogP contribution in [0.2, 0.25) is 0 Å². The van der Waals surface area contributed by atoms with E-state index >= 15 is 0 Å². The molecule has 0 aromatic heterocycles.